The van der Waals surface area contributed by atoms with Crippen LogP contribution in [0.4, 0.5) is 5.95 Å². The van der Waals surface area contributed by atoms with Crippen LogP contribution < -0.4 is 4.90 Å². The summed E-state index contributed by atoms with van der Waals surface area (Å²) in [5.41, 5.74) is 0. The van der Waals surface area contributed by atoms with Crippen LogP contribution in [0.1, 0.15) is 30.5 Å². The molecule has 2 aromatic rings. The van der Waals surface area contributed by atoms with Crippen molar-refractivity contribution in [1.29, 1.82) is 0 Å². The average Bonchev–Trinajstić information content (AvgIpc) is 3.32. The fourth-order valence-corrected chi connectivity index (χ4v) is 3.69. The number of nitrogens with zero attached hydrogens (tertiary/aromatic N) is 7. The lowest BCUT2D eigenvalue weighted by molar-refractivity contribution is -0.133. The predicted molar refractivity (Wildman–Crippen MR) is 95.5 cm³/mol. The lowest BCUT2D eigenvalue weighted by Crippen LogP contribution is -2.50. The van der Waals surface area contributed by atoms with Crippen LogP contribution in [0.25, 0.3) is 0 Å². The van der Waals surface area contributed by atoms with Crippen molar-refractivity contribution < 1.29 is 4.79 Å². The quantitative estimate of drug-likeness (QED) is 0.847. The Bertz CT molecular complexity index is 740. The van der Waals surface area contributed by atoms with Crippen molar-refractivity contribution in [2.75, 3.05) is 44.2 Å². The number of likely N-dealkylation sites (tertiary alicyclic amines) is 1. The maximum atomic E-state index is 12.8. The number of rotatable bonds is 4. The smallest absolute Gasteiger partial charge is 0.237 e. The Hall–Kier alpha value is -2.55. The first kappa shape index (κ1) is 16.9. The zero-order chi connectivity index (χ0) is 17.9. The molecule has 2 aromatic heterocycles. The van der Waals surface area contributed by atoms with E-state index in [1.165, 1.54) is 0 Å². The number of carbonyl (C=O) groups excluding carboxylic acids is 1. The normalized spacial score (nSPS) is 21.3. The zero-order valence-corrected chi connectivity index (χ0v) is 15.0. The molecule has 1 N–H and O–H groups in total. The Morgan fingerprint density at radius 3 is 2.65 bits per heavy atom. The molecule has 9 heteroatoms. The number of aryl methyl sites for hydroxylation is 1. The van der Waals surface area contributed by atoms with E-state index < -0.39 is 0 Å². The van der Waals surface area contributed by atoms with E-state index in [0.29, 0.717) is 6.54 Å². The fraction of sp³-hybridized carbons (Fsp3) is 0.588. The minimum atomic E-state index is 0.00598. The van der Waals surface area contributed by atoms with E-state index >= 15 is 0 Å². The molecule has 4 rings (SSSR count). The number of amides is 1. The number of nitrogens with one attached hydrogen (secondary N) is 1. The number of H-pyrrole nitrogens is 1. The van der Waals surface area contributed by atoms with Gasteiger partial charge < -0.3 is 9.80 Å². The number of aromatic nitrogens is 5. The van der Waals surface area contributed by atoms with Gasteiger partial charge in [0.05, 0.1) is 12.6 Å². The molecule has 26 heavy (non-hydrogen) atoms. The van der Waals surface area contributed by atoms with Crippen LogP contribution in [0, 0.1) is 6.92 Å². The number of aromatic amines is 1. The molecule has 2 fully saturated rings. The predicted octanol–water partition coefficient (Wildman–Crippen LogP) is 0.389. The largest absolute Gasteiger partial charge is 0.338 e. The molecule has 1 amide bonds. The van der Waals surface area contributed by atoms with Crippen molar-refractivity contribution in [1.82, 2.24) is 34.9 Å². The molecule has 0 aromatic carbocycles. The minimum absolute atomic E-state index is 0.00598. The second kappa shape index (κ2) is 7.36. The zero-order valence-electron chi connectivity index (χ0n) is 15.0. The van der Waals surface area contributed by atoms with Gasteiger partial charge in [-0.15, -0.1) is 0 Å². The molecule has 1 unspecified atom stereocenters. The Labute approximate surface area is 152 Å². The topological polar surface area (TPSA) is 94.1 Å². The Balaban J connectivity index is 1.32. The van der Waals surface area contributed by atoms with Crippen molar-refractivity contribution in [3.8, 4) is 0 Å². The molecular formula is C17H24N8O. The van der Waals surface area contributed by atoms with Crippen molar-refractivity contribution in [2.24, 2.45) is 0 Å². The molecule has 4 heterocycles. The van der Waals surface area contributed by atoms with Crippen LogP contribution in [-0.4, -0.2) is 80.1 Å². The monoisotopic (exact) mass is 356 g/mol. The highest BCUT2D eigenvalue weighted by Gasteiger charge is 2.33. The number of carbonyl (C=O) groups is 1. The molecule has 0 spiro atoms. The summed E-state index contributed by atoms with van der Waals surface area (Å²) in [6.45, 7) is 6.46. The van der Waals surface area contributed by atoms with E-state index in [0.717, 1.165) is 63.2 Å². The Kier molecular flexibility index (Phi) is 4.79. The second-order valence-corrected chi connectivity index (χ2v) is 6.84. The van der Waals surface area contributed by atoms with Crippen molar-refractivity contribution in [3.63, 3.8) is 0 Å². The molecule has 0 aliphatic carbocycles. The molecule has 0 saturated carbocycles. The summed E-state index contributed by atoms with van der Waals surface area (Å²) < 4.78 is 0. The third-order valence-corrected chi connectivity index (χ3v) is 5.05. The van der Waals surface area contributed by atoms with Gasteiger partial charge in [0, 0.05) is 45.1 Å². The first-order valence-corrected chi connectivity index (χ1v) is 9.13. The van der Waals surface area contributed by atoms with Crippen LogP contribution >= 0.6 is 0 Å². The summed E-state index contributed by atoms with van der Waals surface area (Å²) in [6.07, 6.45) is 5.46. The summed E-state index contributed by atoms with van der Waals surface area (Å²) in [5, 5.41) is 7.14. The van der Waals surface area contributed by atoms with E-state index in [4.69, 9.17) is 0 Å². The summed E-state index contributed by atoms with van der Waals surface area (Å²) >= 11 is 0. The standard InChI is InChI=1S/C17H24N8O/c1-13-20-16(22-21-13)14-4-2-7-25(14)15(26)12-23-8-10-24(11-9-23)17-18-5-3-6-19-17/h3,5-6,14H,2,4,7-12H2,1H3,(H,20,21,22). The summed E-state index contributed by atoms with van der Waals surface area (Å²) in [5.74, 6) is 2.45. The lowest BCUT2D eigenvalue weighted by atomic mass is 10.2. The van der Waals surface area contributed by atoms with Gasteiger partial charge in [-0.2, -0.15) is 5.10 Å². The summed E-state index contributed by atoms with van der Waals surface area (Å²) in [4.78, 5) is 32.2. The van der Waals surface area contributed by atoms with E-state index in [-0.39, 0.29) is 11.9 Å². The van der Waals surface area contributed by atoms with E-state index in [2.05, 4.69) is 34.9 Å². The highest BCUT2D eigenvalue weighted by atomic mass is 16.2. The molecule has 138 valence electrons. The Morgan fingerprint density at radius 1 is 1.19 bits per heavy atom. The summed E-state index contributed by atoms with van der Waals surface area (Å²) in [6, 6.07) is 1.83. The Morgan fingerprint density at radius 2 is 1.96 bits per heavy atom. The molecule has 2 aliphatic rings. The number of hydrogen-bond donors (Lipinski definition) is 1. The van der Waals surface area contributed by atoms with E-state index in [9.17, 15) is 4.79 Å². The SMILES string of the molecule is Cc1nc(C2CCCN2C(=O)CN2CCN(c3ncccn3)CC2)n[nH]1. The van der Waals surface area contributed by atoms with Gasteiger partial charge in [-0.25, -0.2) is 15.0 Å². The van der Waals surface area contributed by atoms with Gasteiger partial charge in [0.15, 0.2) is 5.82 Å². The molecule has 2 aliphatic heterocycles. The molecule has 2 saturated heterocycles. The van der Waals surface area contributed by atoms with Crippen molar-refractivity contribution in [3.05, 3.63) is 30.1 Å². The number of hydrogen-bond acceptors (Lipinski definition) is 7. The van der Waals surface area contributed by atoms with Gasteiger partial charge >= 0.3 is 0 Å². The lowest BCUT2D eigenvalue weighted by Gasteiger charge is -2.35. The molecule has 1 atom stereocenters. The third-order valence-electron chi connectivity index (χ3n) is 5.05. The summed E-state index contributed by atoms with van der Waals surface area (Å²) in [7, 11) is 0. The van der Waals surface area contributed by atoms with E-state index in [1.54, 1.807) is 12.4 Å². The van der Waals surface area contributed by atoms with Crippen LogP contribution in [0.15, 0.2) is 18.5 Å². The van der Waals surface area contributed by atoms with Gasteiger partial charge in [-0.3, -0.25) is 14.8 Å². The first-order chi connectivity index (χ1) is 12.7. The van der Waals surface area contributed by atoms with Crippen LogP contribution in [-0.2, 0) is 4.79 Å². The van der Waals surface area contributed by atoms with Gasteiger partial charge in [-0.1, -0.05) is 0 Å². The highest BCUT2D eigenvalue weighted by molar-refractivity contribution is 5.79. The van der Waals surface area contributed by atoms with Gasteiger partial charge in [-0.05, 0) is 25.8 Å². The van der Waals surface area contributed by atoms with Crippen molar-refractivity contribution >= 4 is 11.9 Å². The third kappa shape index (κ3) is 3.52. The maximum Gasteiger partial charge on any atom is 0.237 e. The molecule has 9 nitrogen and oxygen atoms in total. The van der Waals surface area contributed by atoms with E-state index in [1.807, 2.05) is 17.9 Å². The number of piperazine rings is 1. The minimum Gasteiger partial charge on any atom is -0.338 e. The van der Waals surface area contributed by atoms with Gasteiger partial charge in [0.25, 0.3) is 0 Å². The van der Waals surface area contributed by atoms with Crippen LogP contribution in [0.2, 0.25) is 0 Å². The molecule has 0 radical (unpaired) electrons. The van der Waals surface area contributed by atoms with Gasteiger partial charge in [0.2, 0.25) is 11.9 Å². The fourth-order valence-electron chi connectivity index (χ4n) is 3.69. The maximum absolute atomic E-state index is 12.8. The van der Waals surface area contributed by atoms with Crippen LogP contribution in [0.3, 0.4) is 0 Å². The average molecular weight is 356 g/mol. The van der Waals surface area contributed by atoms with Crippen molar-refractivity contribution in [2.45, 2.75) is 25.8 Å². The second-order valence-electron chi connectivity index (χ2n) is 6.84. The van der Waals surface area contributed by atoms with Gasteiger partial charge in [0.1, 0.15) is 5.82 Å². The molecule has 0 bridgehead atoms. The highest BCUT2D eigenvalue weighted by Crippen LogP contribution is 2.29. The van der Waals surface area contributed by atoms with Crippen LogP contribution in [0.5, 0.6) is 0 Å². The number of anilines is 1. The molecular weight excluding hydrogens is 332 g/mol. The first-order valence-electron chi connectivity index (χ1n) is 9.13.